The average molecular weight is 451 g/mol. The molecule has 3 amide bonds. The van der Waals surface area contributed by atoms with E-state index in [-0.39, 0.29) is 42.7 Å². The number of nitrogens with zero attached hydrogens (tertiary/aromatic N) is 5. The van der Waals surface area contributed by atoms with Gasteiger partial charge >= 0.3 is 6.03 Å². The molecule has 0 saturated heterocycles. The number of anilines is 3. The average Bonchev–Trinajstić information content (AvgIpc) is 2.81. The molecule has 11 heteroatoms. The van der Waals surface area contributed by atoms with Crippen molar-refractivity contribution in [3.05, 3.63) is 40.7 Å². The number of nitrogens with one attached hydrogen (secondary N) is 2. The molecule has 1 aliphatic heterocycles. The first kappa shape index (κ1) is 23.6. The van der Waals surface area contributed by atoms with E-state index in [9.17, 15) is 19.6 Å². The maximum Gasteiger partial charge on any atom is 0.328 e. The predicted octanol–water partition coefficient (Wildman–Crippen LogP) is 1.53. The Morgan fingerprint density at radius 1 is 1.39 bits per heavy atom. The van der Waals surface area contributed by atoms with Crippen molar-refractivity contribution in [3.63, 3.8) is 0 Å². The van der Waals surface area contributed by atoms with Crippen molar-refractivity contribution in [1.82, 2.24) is 14.9 Å². The maximum absolute atomic E-state index is 13.0. The second-order valence-corrected chi connectivity index (χ2v) is 7.57. The van der Waals surface area contributed by atoms with E-state index >= 15 is 0 Å². The van der Waals surface area contributed by atoms with E-state index in [4.69, 9.17) is 5.11 Å². The number of aliphatic hydroxyl groups is 1. The summed E-state index contributed by atoms with van der Waals surface area (Å²) in [5.41, 5.74) is 2.33. The summed E-state index contributed by atoms with van der Waals surface area (Å²) in [6, 6.07) is 4.87. The van der Waals surface area contributed by atoms with Crippen LogP contribution in [0.2, 0.25) is 0 Å². The monoisotopic (exact) mass is 451 g/mol. The van der Waals surface area contributed by atoms with Gasteiger partial charge in [0.1, 0.15) is 23.4 Å². The largest absolute Gasteiger partial charge is 0.395 e. The first-order valence-electron chi connectivity index (χ1n) is 10.4. The number of aldehydes is 1. The van der Waals surface area contributed by atoms with Crippen LogP contribution in [0.25, 0.3) is 0 Å². The molecule has 0 atom stereocenters. The molecule has 1 aliphatic rings. The van der Waals surface area contributed by atoms with Crippen LogP contribution in [0.4, 0.5) is 22.1 Å². The lowest BCUT2D eigenvalue weighted by molar-refractivity contribution is -0.128. The molecule has 0 saturated carbocycles. The fourth-order valence-corrected chi connectivity index (χ4v) is 3.48. The molecule has 172 valence electrons. The number of nitriles is 1. The smallest absolute Gasteiger partial charge is 0.328 e. The highest BCUT2D eigenvalue weighted by atomic mass is 16.3. The van der Waals surface area contributed by atoms with Crippen LogP contribution >= 0.6 is 0 Å². The second kappa shape index (κ2) is 10.5. The molecule has 0 unspecified atom stereocenters. The zero-order valence-electron chi connectivity index (χ0n) is 18.5. The van der Waals surface area contributed by atoms with Crippen LogP contribution in [0.15, 0.2) is 18.3 Å². The van der Waals surface area contributed by atoms with Gasteiger partial charge in [-0.15, -0.1) is 0 Å². The third kappa shape index (κ3) is 5.42. The molecule has 2 aromatic rings. The lowest BCUT2D eigenvalue weighted by Crippen LogP contribution is -2.40. The summed E-state index contributed by atoms with van der Waals surface area (Å²) in [6.45, 7) is 2.22. The number of carbonyl (C=O) groups is 3. The van der Waals surface area contributed by atoms with Crippen molar-refractivity contribution in [1.29, 1.82) is 5.26 Å². The molecule has 0 fully saturated rings. The van der Waals surface area contributed by atoms with Crippen LogP contribution in [-0.2, 0) is 17.8 Å². The van der Waals surface area contributed by atoms with Crippen molar-refractivity contribution in [2.75, 3.05) is 42.3 Å². The molecule has 0 aliphatic carbocycles. The van der Waals surface area contributed by atoms with Crippen LogP contribution in [0.1, 0.15) is 40.5 Å². The Hall–Kier alpha value is -4.04. The first-order chi connectivity index (χ1) is 15.9. The van der Waals surface area contributed by atoms with E-state index in [2.05, 4.69) is 20.6 Å². The predicted molar refractivity (Wildman–Crippen MR) is 121 cm³/mol. The molecule has 0 aromatic carbocycles. The second-order valence-electron chi connectivity index (χ2n) is 7.57. The van der Waals surface area contributed by atoms with E-state index in [0.717, 1.165) is 5.56 Å². The highest BCUT2D eigenvalue weighted by Crippen LogP contribution is 2.28. The third-order valence-electron chi connectivity index (χ3n) is 5.26. The summed E-state index contributed by atoms with van der Waals surface area (Å²) in [7, 11) is 1.64. The fraction of sp³-hybridized carbons (Fsp3) is 0.364. The molecule has 0 radical (unpaired) electrons. The van der Waals surface area contributed by atoms with Gasteiger partial charge in [0.05, 0.1) is 17.9 Å². The van der Waals surface area contributed by atoms with E-state index in [0.29, 0.717) is 42.7 Å². The van der Waals surface area contributed by atoms with Gasteiger partial charge in [-0.2, -0.15) is 5.26 Å². The first-order valence-corrected chi connectivity index (χ1v) is 10.4. The van der Waals surface area contributed by atoms with Crippen molar-refractivity contribution >= 4 is 35.5 Å². The summed E-state index contributed by atoms with van der Waals surface area (Å²) in [5, 5.41) is 23.8. The SMILES string of the molecule is CC(=O)N(C)Cc1cc2c(nc1C=O)N(C(=O)Nc1cc(NCCO)c(C#N)cn1)CCC2. The quantitative estimate of drug-likeness (QED) is 0.536. The van der Waals surface area contributed by atoms with Gasteiger partial charge in [-0.1, -0.05) is 0 Å². The van der Waals surface area contributed by atoms with Crippen LogP contribution in [0.5, 0.6) is 0 Å². The van der Waals surface area contributed by atoms with Crippen LogP contribution in [-0.4, -0.2) is 64.9 Å². The fourth-order valence-electron chi connectivity index (χ4n) is 3.48. The van der Waals surface area contributed by atoms with E-state index in [1.54, 1.807) is 7.05 Å². The van der Waals surface area contributed by atoms with E-state index < -0.39 is 6.03 Å². The number of hydrogen-bond donors (Lipinski definition) is 3. The van der Waals surface area contributed by atoms with E-state index in [1.807, 2.05) is 12.1 Å². The zero-order valence-corrected chi connectivity index (χ0v) is 18.5. The van der Waals surface area contributed by atoms with Gasteiger partial charge < -0.3 is 15.3 Å². The molecule has 0 bridgehead atoms. The number of hydrogen-bond acceptors (Lipinski definition) is 8. The summed E-state index contributed by atoms with van der Waals surface area (Å²) in [5.74, 6) is 0.484. The summed E-state index contributed by atoms with van der Waals surface area (Å²) in [4.78, 5) is 47.8. The van der Waals surface area contributed by atoms with Gasteiger partial charge in [-0.05, 0) is 24.5 Å². The number of fused-ring (bicyclic) bond motifs is 1. The zero-order chi connectivity index (χ0) is 24.0. The van der Waals surface area contributed by atoms with Crippen molar-refractivity contribution in [2.24, 2.45) is 0 Å². The molecule has 3 N–H and O–H groups in total. The molecule has 2 aromatic heterocycles. The summed E-state index contributed by atoms with van der Waals surface area (Å²) >= 11 is 0. The van der Waals surface area contributed by atoms with Crippen molar-refractivity contribution in [3.8, 4) is 6.07 Å². The maximum atomic E-state index is 13.0. The Labute approximate surface area is 191 Å². The lowest BCUT2D eigenvalue weighted by Gasteiger charge is -2.29. The number of pyridine rings is 2. The van der Waals surface area contributed by atoms with Gasteiger partial charge in [0.25, 0.3) is 0 Å². The number of rotatable bonds is 7. The Morgan fingerprint density at radius 2 is 2.18 bits per heavy atom. The van der Waals surface area contributed by atoms with Gasteiger partial charge in [-0.3, -0.25) is 19.8 Å². The summed E-state index contributed by atoms with van der Waals surface area (Å²) < 4.78 is 0. The Kier molecular flexibility index (Phi) is 7.53. The Morgan fingerprint density at radius 3 is 2.85 bits per heavy atom. The van der Waals surface area contributed by atoms with E-state index in [1.165, 1.54) is 29.0 Å². The molecule has 0 spiro atoms. The van der Waals surface area contributed by atoms with Crippen LogP contribution in [0, 0.1) is 11.3 Å². The minimum atomic E-state index is -0.473. The molecule has 3 heterocycles. The third-order valence-corrected chi connectivity index (χ3v) is 5.26. The summed E-state index contributed by atoms with van der Waals surface area (Å²) in [6.07, 6.45) is 3.34. The molecular weight excluding hydrogens is 426 g/mol. The lowest BCUT2D eigenvalue weighted by atomic mass is 10.0. The molecular formula is C22H25N7O4. The number of aliphatic hydroxyl groups excluding tert-OH is 1. The van der Waals surface area contributed by atoms with Crippen LogP contribution in [0.3, 0.4) is 0 Å². The molecule has 33 heavy (non-hydrogen) atoms. The number of amides is 3. The van der Waals surface area contributed by atoms with Crippen LogP contribution < -0.4 is 15.5 Å². The van der Waals surface area contributed by atoms with Gasteiger partial charge in [0.15, 0.2) is 6.29 Å². The topological polar surface area (TPSA) is 152 Å². The highest BCUT2D eigenvalue weighted by molar-refractivity contribution is 6.01. The van der Waals surface area contributed by atoms with Crippen molar-refractivity contribution < 1.29 is 19.5 Å². The molecule has 11 nitrogen and oxygen atoms in total. The number of aryl methyl sites for hydroxylation is 1. The number of aromatic nitrogens is 2. The highest BCUT2D eigenvalue weighted by Gasteiger charge is 2.26. The standard InChI is InChI=1S/C22H25N7O4/c1-14(32)28(2)12-16-8-15-4-3-6-29(21(15)26-19(16)13-31)22(33)27-20-9-18(24-5-7-30)17(10-23)11-25-20/h8-9,11,13,30H,3-7,12H2,1-2H3,(H2,24,25,27,33). The number of carbonyl (C=O) groups excluding carboxylic acids is 3. The number of urea groups is 1. The van der Waals surface area contributed by atoms with Gasteiger partial charge in [0, 0.05) is 51.4 Å². The van der Waals surface area contributed by atoms with Crippen molar-refractivity contribution in [2.45, 2.75) is 26.3 Å². The molecule has 3 rings (SSSR count). The van der Waals surface area contributed by atoms with Gasteiger partial charge in [0.2, 0.25) is 5.91 Å². The Bertz CT molecular complexity index is 1110. The normalized spacial score (nSPS) is 12.4. The minimum Gasteiger partial charge on any atom is -0.395 e. The Balaban J connectivity index is 1.86. The minimum absolute atomic E-state index is 0.117. The van der Waals surface area contributed by atoms with Gasteiger partial charge in [-0.25, -0.2) is 14.8 Å².